The summed E-state index contributed by atoms with van der Waals surface area (Å²) in [6.07, 6.45) is -0.0807. The van der Waals surface area contributed by atoms with Crippen LogP contribution in [0.5, 0.6) is 5.75 Å². The number of halogens is 1. The molecule has 0 aromatic heterocycles. The van der Waals surface area contributed by atoms with Gasteiger partial charge in [0.25, 0.3) is 5.91 Å². The van der Waals surface area contributed by atoms with Crippen molar-refractivity contribution in [1.82, 2.24) is 0 Å². The van der Waals surface area contributed by atoms with E-state index in [4.69, 9.17) is 4.74 Å². The van der Waals surface area contributed by atoms with E-state index >= 15 is 0 Å². The number of hydrogen-bond donors (Lipinski definition) is 1. The topological polar surface area (TPSA) is 55.4 Å². The van der Waals surface area contributed by atoms with Gasteiger partial charge in [-0.05, 0) is 55.8 Å². The predicted octanol–water partition coefficient (Wildman–Crippen LogP) is 3.35. The second kappa shape index (κ2) is 6.85. The molecule has 1 unspecified atom stereocenters. The first-order valence-electron chi connectivity index (χ1n) is 6.78. The zero-order chi connectivity index (χ0) is 16.1. The van der Waals surface area contributed by atoms with Crippen molar-refractivity contribution in [3.8, 4) is 5.75 Å². The molecule has 2 aromatic rings. The van der Waals surface area contributed by atoms with E-state index in [-0.39, 0.29) is 5.69 Å². The Balaban J connectivity index is 2.00. The van der Waals surface area contributed by atoms with Crippen LogP contribution in [0.25, 0.3) is 0 Å². The van der Waals surface area contributed by atoms with Crippen LogP contribution < -0.4 is 10.1 Å². The minimum Gasteiger partial charge on any atom is -0.481 e. The van der Waals surface area contributed by atoms with E-state index < -0.39 is 17.8 Å². The number of nitrogens with one attached hydrogen (secondary N) is 1. The lowest BCUT2D eigenvalue weighted by atomic mass is 10.2. The van der Waals surface area contributed by atoms with Crippen molar-refractivity contribution in [2.45, 2.75) is 20.0 Å². The number of carbonyl (C=O) groups excluding carboxylic acids is 2. The Morgan fingerprint density at radius 3 is 2.50 bits per heavy atom. The molecular weight excluding hydrogens is 285 g/mol. The lowest BCUT2D eigenvalue weighted by Crippen LogP contribution is -2.30. The average Bonchev–Trinajstić information content (AvgIpc) is 2.50. The van der Waals surface area contributed by atoms with Crippen LogP contribution in [0.3, 0.4) is 0 Å². The summed E-state index contributed by atoms with van der Waals surface area (Å²) < 4.78 is 19.2. The molecule has 0 saturated carbocycles. The van der Waals surface area contributed by atoms with Crippen LogP contribution in [0.15, 0.2) is 42.5 Å². The van der Waals surface area contributed by atoms with E-state index in [2.05, 4.69) is 5.32 Å². The number of amides is 1. The fourth-order valence-electron chi connectivity index (χ4n) is 1.84. The molecule has 0 radical (unpaired) electrons. The molecule has 1 atom stereocenters. The Morgan fingerprint density at radius 1 is 1.23 bits per heavy atom. The zero-order valence-electron chi connectivity index (χ0n) is 12.3. The highest BCUT2D eigenvalue weighted by Crippen LogP contribution is 2.17. The van der Waals surface area contributed by atoms with Gasteiger partial charge in [0.2, 0.25) is 0 Å². The molecule has 0 aliphatic heterocycles. The molecule has 0 aliphatic carbocycles. The third-order valence-electron chi connectivity index (χ3n) is 3.08. The molecule has 0 fully saturated rings. The van der Waals surface area contributed by atoms with Crippen molar-refractivity contribution in [2.24, 2.45) is 0 Å². The van der Waals surface area contributed by atoms with Crippen LogP contribution >= 0.6 is 0 Å². The largest absolute Gasteiger partial charge is 0.481 e. The van der Waals surface area contributed by atoms with Gasteiger partial charge in [0, 0.05) is 5.56 Å². The summed E-state index contributed by atoms with van der Waals surface area (Å²) in [6, 6.07) is 10.9. The SMILES string of the molecule is Cc1ccc(NC(=O)C(C)Oc2ccc(C=O)cc2)c(F)c1. The fraction of sp³-hybridized carbons (Fsp3) is 0.176. The maximum atomic E-state index is 13.7. The van der Waals surface area contributed by atoms with Crippen LogP contribution in [0.4, 0.5) is 10.1 Å². The first-order chi connectivity index (χ1) is 10.5. The summed E-state index contributed by atoms with van der Waals surface area (Å²) in [5, 5.41) is 2.48. The summed E-state index contributed by atoms with van der Waals surface area (Å²) in [7, 11) is 0. The fourth-order valence-corrected chi connectivity index (χ4v) is 1.84. The van der Waals surface area contributed by atoms with Gasteiger partial charge in [-0.15, -0.1) is 0 Å². The van der Waals surface area contributed by atoms with Gasteiger partial charge in [0.15, 0.2) is 6.10 Å². The molecule has 0 bridgehead atoms. The first-order valence-corrected chi connectivity index (χ1v) is 6.78. The molecule has 5 heteroatoms. The number of anilines is 1. The Kier molecular flexibility index (Phi) is 4.88. The third kappa shape index (κ3) is 3.91. The average molecular weight is 301 g/mol. The van der Waals surface area contributed by atoms with Gasteiger partial charge in [-0.1, -0.05) is 6.07 Å². The molecule has 0 saturated heterocycles. The van der Waals surface area contributed by atoms with Gasteiger partial charge in [-0.2, -0.15) is 0 Å². The minimum absolute atomic E-state index is 0.113. The quantitative estimate of drug-likeness (QED) is 0.862. The number of aryl methyl sites for hydroxylation is 1. The zero-order valence-corrected chi connectivity index (χ0v) is 12.3. The van der Waals surface area contributed by atoms with Crippen LogP contribution in [-0.2, 0) is 4.79 Å². The summed E-state index contributed by atoms with van der Waals surface area (Å²) in [5.74, 6) is -0.490. The van der Waals surface area contributed by atoms with Gasteiger partial charge in [-0.25, -0.2) is 4.39 Å². The van der Waals surface area contributed by atoms with E-state index in [1.807, 2.05) is 0 Å². The minimum atomic E-state index is -0.803. The molecular formula is C17H16FNO3. The van der Waals surface area contributed by atoms with Gasteiger partial charge >= 0.3 is 0 Å². The van der Waals surface area contributed by atoms with E-state index in [0.29, 0.717) is 11.3 Å². The van der Waals surface area contributed by atoms with Crippen molar-refractivity contribution in [2.75, 3.05) is 5.32 Å². The normalized spacial score (nSPS) is 11.6. The molecule has 4 nitrogen and oxygen atoms in total. The molecule has 0 spiro atoms. The molecule has 1 N–H and O–H groups in total. The van der Waals surface area contributed by atoms with Crippen molar-refractivity contribution in [3.63, 3.8) is 0 Å². The van der Waals surface area contributed by atoms with Crippen molar-refractivity contribution < 1.29 is 18.7 Å². The Hall–Kier alpha value is -2.69. The second-order valence-electron chi connectivity index (χ2n) is 4.92. The van der Waals surface area contributed by atoms with Crippen LogP contribution in [0.2, 0.25) is 0 Å². The van der Waals surface area contributed by atoms with E-state index in [0.717, 1.165) is 11.8 Å². The molecule has 1 amide bonds. The third-order valence-corrected chi connectivity index (χ3v) is 3.08. The van der Waals surface area contributed by atoms with Crippen LogP contribution in [-0.4, -0.2) is 18.3 Å². The van der Waals surface area contributed by atoms with E-state index in [1.165, 1.54) is 12.1 Å². The Morgan fingerprint density at radius 2 is 1.91 bits per heavy atom. The Labute approximate surface area is 127 Å². The highest BCUT2D eigenvalue weighted by Gasteiger charge is 2.16. The number of rotatable bonds is 5. The summed E-state index contributed by atoms with van der Waals surface area (Å²) in [4.78, 5) is 22.6. The number of benzene rings is 2. The smallest absolute Gasteiger partial charge is 0.265 e. The number of hydrogen-bond acceptors (Lipinski definition) is 3. The van der Waals surface area contributed by atoms with Crippen LogP contribution in [0, 0.1) is 12.7 Å². The molecule has 2 rings (SSSR count). The van der Waals surface area contributed by atoms with Gasteiger partial charge in [0.1, 0.15) is 17.9 Å². The molecule has 22 heavy (non-hydrogen) atoms. The summed E-state index contributed by atoms with van der Waals surface area (Å²) in [6.45, 7) is 3.33. The lowest BCUT2D eigenvalue weighted by molar-refractivity contribution is -0.122. The second-order valence-corrected chi connectivity index (χ2v) is 4.92. The molecule has 2 aromatic carbocycles. The maximum Gasteiger partial charge on any atom is 0.265 e. The van der Waals surface area contributed by atoms with Crippen molar-refractivity contribution >= 4 is 17.9 Å². The van der Waals surface area contributed by atoms with Gasteiger partial charge in [-0.3, -0.25) is 9.59 Å². The first kappa shape index (κ1) is 15.7. The predicted molar refractivity (Wildman–Crippen MR) is 81.7 cm³/mol. The summed E-state index contributed by atoms with van der Waals surface area (Å²) in [5.41, 5.74) is 1.41. The number of aldehydes is 1. The van der Waals surface area contributed by atoms with E-state index in [9.17, 15) is 14.0 Å². The highest BCUT2D eigenvalue weighted by molar-refractivity contribution is 5.94. The molecule has 0 heterocycles. The molecule has 114 valence electrons. The van der Waals surface area contributed by atoms with Crippen LogP contribution in [0.1, 0.15) is 22.8 Å². The van der Waals surface area contributed by atoms with Gasteiger partial charge < -0.3 is 10.1 Å². The molecule has 0 aliphatic rings. The van der Waals surface area contributed by atoms with E-state index in [1.54, 1.807) is 44.2 Å². The summed E-state index contributed by atoms with van der Waals surface area (Å²) >= 11 is 0. The lowest BCUT2D eigenvalue weighted by Gasteiger charge is -2.15. The highest BCUT2D eigenvalue weighted by atomic mass is 19.1. The Bertz CT molecular complexity index is 683. The van der Waals surface area contributed by atoms with Crippen molar-refractivity contribution in [1.29, 1.82) is 0 Å². The van der Waals surface area contributed by atoms with Gasteiger partial charge in [0.05, 0.1) is 5.69 Å². The number of ether oxygens (including phenoxy) is 1. The standard InChI is InChI=1S/C17H16FNO3/c1-11-3-8-16(15(18)9-11)19-17(21)12(2)22-14-6-4-13(10-20)5-7-14/h3-10,12H,1-2H3,(H,19,21). The monoisotopic (exact) mass is 301 g/mol. The number of carbonyl (C=O) groups is 2. The van der Waals surface area contributed by atoms with Crippen molar-refractivity contribution in [3.05, 3.63) is 59.4 Å². The maximum absolute atomic E-state index is 13.7.